The summed E-state index contributed by atoms with van der Waals surface area (Å²) in [4.78, 5) is 15.9. The van der Waals surface area contributed by atoms with Gasteiger partial charge in [0.25, 0.3) is 5.91 Å². The van der Waals surface area contributed by atoms with E-state index in [1.54, 1.807) is 6.07 Å². The second kappa shape index (κ2) is 5.83. The zero-order valence-electron chi connectivity index (χ0n) is 9.38. The number of pyridine rings is 1. The Morgan fingerprint density at radius 3 is 2.76 bits per heavy atom. The maximum absolute atomic E-state index is 12.0. The highest BCUT2D eigenvalue weighted by atomic mass is 79.9. The number of halogens is 2. The summed E-state index contributed by atoms with van der Waals surface area (Å²) >= 11 is 9.05. The number of carbonyl (C=O) groups excluding carboxylic acids is 1. The van der Waals surface area contributed by atoms with Crippen LogP contribution in [0.3, 0.4) is 0 Å². The third kappa shape index (κ3) is 3.42. The molecule has 1 amide bonds. The molecule has 0 unspecified atom stereocenters. The molecule has 0 saturated heterocycles. The molecule has 1 aliphatic carbocycles. The molecular weight excluding hydrogens is 304 g/mol. The summed E-state index contributed by atoms with van der Waals surface area (Å²) in [5.74, 6) is -0.0678. The van der Waals surface area contributed by atoms with Gasteiger partial charge in [-0.2, -0.15) is 0 Å². The van der Waals surface area contributed by atoms with Crippen LogP contribution in [0.4, 0.5) is 0 Å². The van der Waals surface area contributed by atoms with Crippen LogP contribution in [0.15, 0.2) is 16.7 Å². The van der Waals surface area contributed by atoms with Crippen molar-refractivity contribution in [3.63, 3.8) is 0 Å². The zero-order chi connectivity index (χ0) is 12.3. The molecule has 1 aromatic heterocycles. The molecule has 0 bridgehead atoms. The normalized spacial score (nSPS) is 16.8. The molecule has 1 saturated carbocycles. The molecule has 1 fully saturated rings. The Bertz CT molecular complexity index is 419. The van der Waals surface area contributed by atoms with Crippen molar-refractivity contribution in [3.8, 4) is 0 Å². The minimum absolute atomic E-state index is 0.0678. The minimum Gasteiger partial charge on any atom is -0.349 e. The fourth-order valence-corrected chi connectivity index (χ4v) is 2.51. The molecule has 1 aromatic rings. The Labute approximate surface area is 114 Å². The van der Waals surface area contributed by atoms with E-state index in [-0.39, 0.29) is 5.91 Å². The third-order valence-corrected chi connectivity index (χ3v) is 4.13. The summed E-state index contributed by atoms with van der Waals surface area (Å²) in [6.07, 6.45) is 7.34. The highest BCUT2D eigenvalue weighted by Crippen LogP contribution is 2.21. The Morgan fingerprint density at radius 1 is 1.41 bits per heavy atom. The molecule has 1 N–H and O–H groups in total. The number of amides is 1. The van der Waals surface area contributed by atoms with Gasteiger partial charge in [0, 0.05) is 12.2 Å². The zero-order valence-corrected chi connectivity index (χ0v) is 11.7. The van der Waals surface area contributed by atoms with Crippen LogP contribution in [0.2, 0.25) is 5.15 Å². The molecule has 1 aliphatic rings. The van der Waals surface area contributed by atoms with Crippen LogP contribution >= 0.6 is 27.5 Å². The standard InChI is InChI=1S/C12H14BrClN2O/c13-10-6-8(7-15-11(10)14)12(17)16-9-4-2-1-3-5-9/h6-7,9H,1-5H2,(H,16,17). The number of hydrogen-bond donors (Lipinski definition) is 1. The van der Waals surface area contributed by atoms with Crippen LogP contribution in [-0.4, -0.2) is 16.9 Å². The molecular formula is C12H14BrClN2O. The van der Waals surface area contributed by atoms with E-state index in [9.17, 15) is 4.79 Å². The fourth-order valence-electron chi connectivity index (χ4n) is 2.06. The summed E-state index contributed by atoms with van der Waals surface area (Å²) in [7, 11) is 0. The minimum atomic E-state index is -0.0678. The van der Waals surface area contributed by atoms with Gasteiger partial charge >= 0.3 is 0 Å². The van der Waals surface area contributed by atoms with Gasteiger partial charge in [0.2, 0.25) is 0 Å². The van der Waals surface area contributed by atoms with Crippen LogP contribution in [0, 0.1) is 0 Å². The van der Waals surface area contributed by atoms with Crippen molar-refractivity contribution in [2.75, 3.05) is 0 Å². The van der Waals surface area contributed by atoms with Gasteiger partial charge in [0.05, 0.1) is 10.0 Å². The summed E-state index contributed by atoms with van der Waals surface area (Å²) in [5.41, 5.74) is 0.548. The van der Waals surface area contributed by atoms with E-state index in [1.807, 2.05) is 0 Å². The maximum Gasteiger partial charge on any atom is 0.253 e. The maximum atomic E-state index is 12.0. The lowest BCUT2D eigenvalue weighted by molar-refractivity contribution is 0.0927. The lowest BCUT2D eigenvalue weighted by atomic mass is 9.95. The largest absolute Gasteiger partial charge is 0.349 e. The molecule has 0 aliphatic heterocycles. The van der Waals surface area contributed by atoms with Crippen molar-refractivity contribution in [1.29, 1.82) is 0 Å². The number of nitrogens with zero attached hydrogens (tertiary/aromatic N) is 1. The van der Waals surface area contributed by atoms with Gasteiger partial charge in [-0.25, -0.2) is 4.98 Å². The molecule has 0 spiro atoms. The quantitative estimate of drug-likeness (QED) is 0.847. The van der Waals surface area contributed by atoms with Gasteiger partial charge in [0.1, 0.15) is 5.15 Å². The number of hydrogen-bond acceptors (Lipinski definition) is 2. The highest BCUT2D eigenvalue weighted by molar-refractivity contribution is 9.10. The van der Waals surface area contributed by atoms with Gasteiger partial charge in [-0.15, -0.1) is 0 Å². The van der Waals surface area contributed by atoms with Gasteiger partial charge in [-0.1, -0.05) is 30.9 Å². The van der Waals surface area contributed by atoms with Crippen molar-refractivity contribution < 1.29 is 4.79 Å². The first-order valence-corrected chi connectivity index (χ1v) is 6.96. The van der Waals surface area contributed by atoms with E-state index in [0.29, 0.717) is 21.2 Å². The molecule has 17 heavy (non-hydrogen) atoms. The summed E-state index contributed by atoms with van der Waals surface area (Å²) < 4.78 is 0.649. The van der Waals surface area contributed by atoms with Crippen LogP contribution in [0.5, 0.6) is 0 Å². The lowest BCUT2D eigenvalue weighted by Gasteiger charge is -2.22. The lowest BCUT2D eigenvalue weighted by Crippen LogP contribution is -2.36. The third-order valence-electron chi connectivity index (χ3n) is 3.00. The first-order chi connectivity index (χ1) is 8.16. The number of aromatic nitrogens is 1. The van der Waals surface area contributed by atoms with Gasteiger partial charge < -0.3 is 5.32 Å². The molecule has 3 nitrogen and oxygen atoms in total. The average molecular weight is 318 g/mol. The molecule has 1 heterocycles. The van der Waals surface area contributed by atoms with E-state index in [4.69, 9.17) is 11.6 Å². The smallest absolute Gasteiger partial charge is 0.253 e. The predicted molar refractivity (Wildman–Crippen MR) is 71.3 cm³/mol. The Kier molecular flexibility index (Phi) is 4.40. The average Bonchev–Trinajstić information content (AvgIpc) is 2.34. The number of nitrogens with one attached hydrogen (secondary N) is 1. The van der Waals surface area contributed by atoms with Crippen molar-refractivity contribution in [2.24, 2.45) is 0 Å². The van der Waals surface area contributed by atoms with Gasteiger partial charge in [0.15, 0.2) is 0 Å². The van der Waals surface area contributed by atoms with Crippen LogP contribution < -0.4 is 5.32 Å². The highest BCUT2D eigenvalue weighted by Gasteiger charge is 2.17. The number of rotatable bonds is 2. The summed E-state index contributed by atoms with van der Waals surface area (Å²) in [6.45, 7) is 0. The molecule has 0 atom stereocenters. The first-order valence-electron chi connectivity index (χ1n) is 5.79. The van der Waals surface area contributed by atoms with Crippen molar-refractivity contribution in [3.05, 3.63) is 27.5 Å². The van der Waals surface area contributed by atoms with Crippen LogP contribution in [-0.2, 0) is 0 Å². The van der Waals surface area contributed by atoms with E-state index in [0.717, 1.165) is 12.8 Å². The van der Waals surface area contributed by atoms with Crippen molar-refractivity contribution in [2.45, 2.75) is 38.1 Å². The molecule has 2 rings (SSSR count). The first kappa shape index (κ1) is 12.8. The van der Waals surface area contributed by atoms with E-state index in [1.165, 1.54) is 25.5 Å². The van der Waals surface area contributed by atoms with E-state index < -0.39 is 0 Å². The van der Waals surface area contributed by atoms with E-state index >= 15 is 0 Å². The Morgan fingerprint density at radius 2 is 2.12 bits per heavy atom. The number of carbonyl (C=O) groups is 1. The Balaban J connectivity index is 2.01. The fraction of sp³-hybridized carbons (Fsp3) is 0.500. The predicted octanol–water partition coefficient (Wildman–Crippen LogP) is 3.56. The van der Waals surface area contributed by atoms with E-state index in [2.05, 4.69) is 26.2 Å². The summed E-state index contributed by atoms with van der Waals surface area (Å²) in [6, 6.07) is 2.01. The second-order valence-electron chi connectivity index (χ2n) is 4.31. The van der Waals surface area contributed by atoms with Crippen molar-refractivity contribution >= 4 is 33.4 Å². The molecule has 92 valence electrons. The van der Waals surface area contributed by atoms with Crippen LogP contribution in [0.1, 0.15) is 42.5 Å². The molecule has 5 heteroatoms. The Hall–Kier alpha value is -0.610. The molecule has 0 aromatic carbocycles. The summed E-state index contributed by atoms with van der Waals surface area (Å²) in [5, 5.41) is 3.41. The van der Waals surface area contributed by atoms with Crippen molar-refractivity contribution in [1.82, 2.24) is 10.3 Å². The van der Waals surface area contributed by atoms with Gasteiger partial charge in [-0.05, 0) is 34.8 Å². The van der Waals surface area contributed by atoms with Crippen LogP contribution in [0.25, 0.3) is 0 Å². The topological polar surface area (TPSA) is 42.0 Å². The second-order valence-corrected chi connectivity index (χ2v) is 5.52. The SMILES string of the molecule is O=C(NC1CCCCC1)c1cnc(Cl)c(Br)c1. The monoisotopic (exact) mass is 316 g/mol. The molecule has 0 radical (unpaired) electrons. The van der Waals surface area contributed by atoms with Gasteiger partial charge in [-0.3, -0.25) is 4.79 Å².